The van der Waals surface area contributed by atoms with Crippen LogP contribution >= 0.6 is 11.6 Å². The maximum absolute atomic E-state index is 9.84. The van der Waals surface area contributed by atoms with Crippen molar-refractivity contribution in [1.29, 1.82) is 0 Å². The molecular formula is C6H9ClO. The van der Waals surface area contributed by atoms with E-state index in [2.05, 4.69) is 0 Å². The highest BCUT2D eigenvalue weighted by atomic mass is 35.5. The minimum absolute atomic E-state index is 0.292. The van der Waals surface area contributed by atoms with Crippen LogP contribution in [0.15, 0.2) is 11.1 Å². The van der Waals surface area contributed by atoms with E-state index in [-0.39, 0.29) is 0 Å². The zero-order valence-electron chi connectivity index (χ0n) is 5.02. The Morgan fingerprint density at radius 3 is 2.25 bits per heavy atom. The van der Waals surface area contributed by atoms with Crippen molar-refractivity contribution in [1.82, 2.24) is 0 Å². The van der Waals surface area contributed by atoms with Gasteiger partial charge in [0.05, 0.1) is 5.03 Å². The number of hydrogen-bond acceptors (Lipinski definition) is 1. The lowest BCUT2D eigenvalue weighted by Gasteiger charge is -1.90. The van der Waals surface area contributed by atoms with Gasteiger partial charge in [-0.3, -0.25) is 4.79 Å². The van der Waals surface area contributed by atoms with Crippen LogP contribution in [0.2, 0.25) is 0 Å². The molecular weight excluding hydrogens is 124 g/mol. The first-order chi connectivity index (χ1) is 3.66. The van der Waals surface area contributed by atoms with Crippen molar-refractivity contribution < 1.29 is 4.79 Å². The molecule has 0 aromatic rings. The number of carbonyl (C=O) groups excluding carboxylic acids is 1. The van der Waals surface area contributed by atoms with Crippen molar-refractivity contribution in [2.45, 2.75) is 13.8 Å². The molecule has 0 bridgehead atoms. The van der Waals surface area contributed by atoms with Gasteiger partial charge in [-0.15, -0.1) is 0 Å². The SMILES string of the molecule is CC(C)/C=C(\Cl)C=O. The number of aldehydes is 1. The highest BCUT2D eigenvalue weighted by Gasteiger charge is 1.88. The lowest BCUT2D eigenvalue weighted by atomic mass is 10.2. The standard InChI is InChI=1S/C6H9ClO/c1-5(2)3-6(7)4-8/h3-5H,1-2H3/b6-3-. The van der Waals surface area contributed by atoms with Gasteiger partial charge in [0.1, 0.15) is 0 Å². The summed E-state index contributed by atoms with van der Waals surface area (Å²) < 4.78 is 0. The third-order valence-electron chi connectivity index (χ3n) is 0.605. The van der Waals surface area contributed by atoms with Gasteiger partial charge in [-0.05, 0) is 5.92 Å². The van der Waals surface area contributed by atoms with Crippen LogP contribution in [0.3, 0.4) is 0 Å². The Labute approximate surface area is 54.3 Å². The van der Waals surface area contributed by atoms with Crippen LogP contribution in [0, 0.1) is 5.92 Å². The fraction of sp³-hybridized carbons (Fsp3) is 0.500. The molecule has 46 valence electrons. The van der Waals surface area contributed by atoms with E-state index in [4.69, 9.17) is 11.6 Å². The lowest BCUT2D eigenvalue weighted by molar-refractivity contribution is -0.104. The summed E-state index contributed by atoms with van der Waals surface area (Å²) in [5.74, 6) is 0.354. The van der Waals surface area contributed by atoms with Gasteiger partial charge in [-0.1, -0.05) is 31.5 Å². The second-order valence-electron chi connectivity index (χ2n) is 1.91. The minimum atomic E-state index is 0.292. The predicted octanol–water partition coefficient (Wildman–Crippen LogP) is 1.96. The second kappa shape index (κ2) is 3.67. The topological polar surface area (TPSA) is 17.1 Å². The van der Waals surface area contributed by atoms with Crippen LogP contribution in [-0.2, 0) is 4.79 Å². The summed E-state index contributed by atoms with van der Waals surface area (Å²) in [5.41, 5.74) is 0. The third kappa shape index (κ3) is 3.88. The summed E-state index contributed by atoms with van der Waals surface area (Å²) in [6.45, 7) is 3.93. The smallest absolute Gasteiger partial charge is 0.161 e. The lowest BCUT2D eigenvalue weighted by Crippen LogP contribution is -1.80. The summed E-state index contributed by atoms with van der Waals surface area (Å²) in [6, 6.07) is 0. The molecule has 0 spiro atoms. The molecule has 0 aromatic heterocycles. The molecule has 0 rings (SSSR count). The first kappa shape index (κ1) is 7.70. The first-order valence-electron chi connectivity index (χ1n) is 2.49. The van der Waals surface area contributed by atoms with Gasteiger partial charge in [0.15, 0.2) is 6.29 Å². The average Bonchev–Trinajstić information content (AvgIpc) is 1.65. The molecule has 8 heavy (non-hydrogen) atoms. The van der Waals surface area contributed by atoms with E-state index in [0.29, 0.717) is 17.2 Å². The summed E-state index contributed by atoms with van der Waals surface area (Å²) in [7, 11) is 0. The van der Waals surface area contributed by atoms with Gasteiger partial charge < -0.3 is 0 Å². The molecule has 0 aliphatic heterocycles. The van der Waals surface area contributed by atoms with Crippen molar-refractivity contribution in [3.05, 3.63) is 11.1 Å². The van der Waals surface area contributed by atoms with Gasteiger partial charge in [-0.2, -0.15) is 0 Å². The van der Waals surface area contributed by atoms with Crippen LogP contribution in [0.5, 0.6) is 0 Å². The molecule has 0 saturated heterocycles. The highest BCUT2D eigenvalue weighted by molar-refractivity contribution is 6.38. The van der Waals surface area contributed by atoms with Gasteiger partial charge in [-0.25, -0.2) is 0 Å². The molecule has 0 radical (unpaired) electrons. The fourth-order valence-corrected chi connectivity index (χ4v) is 0.610. The normalized spacial score (nSPS) is 12.2. The molecule has 0 aliphatic rings. The van der Waals surface area contributed by atoms with Crippen LogP contribution in [0.25, 0.3) is 0 Å². The molecule has 0 atom stereocenters. The summed E-state index contributed by atoms with van der Waals surface area (Å²) in [4.78, 5) is 9.84. The fourth-order valence-electron chi connectivity index (χ4n) is 0.358. The molecule has 0 heterocycles. The van der Waals surface area contributed by atoms with E-state index in [0.717, 1.165) is 0 Å². The van der Waals surface area contributed by atoms with Gasteiger partial charge >= 0.3 is 0 Å². The van der Waals surface area contributed by atoms with Crippen molar-refractivity contribution in [3.63, 3.8) is 0 Å². The Balaban J connectivity index is 3.74. The number of allylic oxidation sites excluding steroid dienone is 2. The molecule has 2 heteroatoms. The number of halogens is 1. The Morgan fingerprint density at radius 2 is 2.12 bits per heavy atom. The number of carbonyl (C=O) groups is 1. The molecule has 0 aliphatic carbocycles. The Kier molecular flexibility index (Phi) is 3.53. The van der Waals surface area contributed by atoms with Crippen molar-refractivity contribution in [2.24, 2.45) is 5.92 Å². The third-order valence-corrected chi connectivity index (χ3v) is 0.820. The summed E-state index contributed by atoms with van der Waals surface area (Å²) >= 11 is 5.35. The quantitative estimate of drug-likeness (QED) is 0.415. The van der Waals surface area contributed by atoms with E-state index in [1.165, 1.54) is 0 Å². The van der Waals surface area contributed by atoms with E-state index >= 15 is 0 Å². The van der Waals surface area contributed by atoms with Crippen LogP contribution in [-0.4, -0.2) is 6.29 Å². The minimum Gasteiger partial charge on any atom is -0.297 e. The Morgan fingerprint density at radius 1 is 1.62 bits per heavy atom. The molecule has 0 fully saturated rings. The zero-order valence-corrected chi connectivity index (χ0v) is 5.77. The van der Waals surface area contributed by atoms with Crippen LogP contribution in [0.4, 0.5) is 0 Å². The van der Waals surface area contributed by atoms with E-state index in [1.807, 2.05) is 13.8 Å². The molecule has 0 amide bonds. The Bertz CT molecular complexity index is 105. The average molecular weight is 133 g/mol. The van der Waals surface area contributed by atoms with E-state index in [9.17, 15) is 4.79 Å². The summed E-state index contributed by atoms with van der Waals surface area (Å²) in [6.07, 6.45) is 2.34. The molecule has 0 aromatic carbocycles. The van der Waals surface area contributed by atoms with Crippen molar-refractivity contribution in [3.8, 4) is 0 Å². The largest absolute Gasteiger partial charge is 0.297 e. The molecule has 1 nitrogen and oxygen atoms in total. The van der Waals surface area contributed by atoms with Crippen molar-refractivity contribution in [2.75, 3.05) is 0 Å². The van der Waals surface area contributed by atoms with Crippen molar-refractivity contribution >= 4 is 17.9 Å². The monoisotopic (exact) mass is 132 g/mol. The number of hydrogen-bond donors (Lipinski definition) is 0. The zero-order chi connectivity index (χ0) is 6.57. The molecule has 0 unspecified atom stereocenters. The maximum atomic E-state index is 9.84. The first-order valence-corrected chi connectivity index (χ1v) is 2.87. The number of rotatable bonds is 2. The van der Waals surface area contributed by atoms with Crippen LogP contribution in [0.1, 0.15) is 13.8 Å². The molecule has 0 N–H and O–H groups in total. The highest BCUT2D eigenvalue weighted by Crippen LogP contribution is 2.02. The predicted molar refractivity (Wildman–Crippen MR) is 34.8 cm³/mol. The van der Waals surface area contributed by atoms with E-state index < -0.39 is 0 Å². The van der Waals surface area contributed by atoms with Gasteiger partial charge in [0, 0.05) is 0 Å². The van der Waals surface area contributed by atoms with Gasteiger partial charge in [0.2, 0.25) is 0 Å². The maximum Gasteiger partial charge on any atom is 0.161 e. The second-order valence-corrected chi connectivity index (χ2v) is 2.35. The van der Waals surface area contributed by atoms with Crippen LogP contribution < -0.4 is 0 Å². The van der Waals surface area contributed by atoms with E-state index in [1.54, 1.807) is 6.08 Å². The molecule has 0 saturated carbocycles. The van der Waals surface area contributed by atoms with Gasteiger partial charge in [0.25, 0.3) is 0 Å². The Hall–Kier alpha value is -0.300. The summed E-state index contributed by atoms with van der Waals surface area (Å²) in [5, 5.41) is 0.292.